The van der Waals surface area contributed by atoms with Crippen molar-refractivity contribution in [3.05, 3.63) is 35.4 Å². The Morgan fingerprint density at radius 2 is 1.29 bits per heavy atom. The molecule has 96 valence electrons. The number of halogens is 6. The second kappa shape index (κ2) is 4.98. The van der Waals surface area contributed by atoms with Gasteiger partial charge in [-0.05, 0) is 17.5 Å². The van der Waals surface area contributed by atoms with Gasteiger partial charge in [-0.1, -0.05) is 24.3 Å². The molecule has 1 aromatic rings. The van der Waals surface area contributed by atoms with Gasteiger partial charge in [0.1, 0.15) is 0 Å². The van der Waals surface area contributed by atoms with E-state index in [4.69, 9.17) is 0 Å². The molecule has 0 saturated carbocycles. The lowest BCUT2D eigenvalue weighted by molar-refractivity contribution is -0.134. The highest BCUT2D eigenvalue weighted by Gasteiger charge is 2.30. The van der Waals surface area contributed by atoms with Crippen LogP contribution in [-0.2, 0) is 12.8 Å². The Labute approximate surface area is 94.2 Å². The summed E-state index contributed by atoms with van der Waals surface area (Å²) in [5, 5.41) is 0. The molecule has 0 amide bonds. The van der Waals surface area contributed by atoms with Crippen LogP contribution in [0.2, 0.25) is 0 Å². The zero-order valence-corrected chi connectivity index (χ0v) is 8.70. The van der Waals surface area contributed by atoms with E-state index in [0.29, 0.717) is 0 Å². The van der Waals surface area contributed by atoms with Crippen molar-refractivity contribution in [2.75, 3.05) is 0 Å². The zero-order valence-electron chi connectivity index (χ0n) is 8.70. The van der Waals surface area contributed by atoms with E-state index in [-0.39, 0.29) is 11.1 Å². The summed E-state index contributed by atoms with van der Waals surface area (Å²) >= 11 is 0. The van der Waals surface area contributed by atoms with Crippen molar-refractivity contribution in [3.8, 4) is 0 Å². The number of alkyl halides is 6. The van der Waals surface area contributed by atoms with E-state index >= 15 is 0 Å². The molecule has 17 heavy (non-hydrogen) atoms. The van der Waals surface area contributed by atoms with E-state index in [1.807, 2.05) is 0 Å². The molecule has 0 saturated heterocycles. The van der Waals surface area contributed by atoms with Crippen LogP contribution in [0.15, 0.2) is 24.3 Å². The van der Waals surface area contributed by atoms with Gasteiger partial charge in [0, 0.05) is 6.42 Å². The minimum absolute atomic E-state index is 0.0933. The first-order valence-electron chi connectivity index (χ1n) is 4.88. The minimum atomic E-state index is -4.41. The Morgan fingerprint density at radius 3 is 1.76 bits per heavy atom. The molecule has 6 heteroatoms. The molecule has 0 heterocycles. The van der Waals surface area contributed by atoms with Crippen molar-refractivity contribution in [1.29, 1.82) is 0 Å². The molecule has 0 fully saturated rings. The fourth-order valence-corrected chi connectivity index (χ4v) is 1.47. The summed E-state index contributed by atoms with van der Waals surface area (Å²) in [7, 11) is 0. The predicted octanol–water partition coefficient (Wildman–Crippen LogP) is 4.29. The molecule has 0 aliphatic carbocycles. The summed E-state index contributed by atoms with van der Waals surface area (Å²) in [5.74, 6) is 0. The lowest BCUT2D eigenvalue weighted by Crippen LogP contribution is -2.14. The first-order chi connectivity index (χ1) is 7.67. The van der Waals surface area contributed by atoms with Crippen LogP contribution in [0.3, 0.4) is 0 Å². The molecule has 1 rings (SSSR count). The highest BCUT2D eigenvalue weighted by Crippen LogP contribution is 2.27. The summed E-state index contributed by atoms with van der Waals surface area (Å²) in [6, 6.07) is 5.33. The number of rotatable bonds is 3. The Bertz CT molecular complexity index is 363. The van der Waals surface area contributed by atoms with E-state index in [2.05, 4.69) is 0 Å². The standard InChI is InChI=1S/C11H10F6/c12-10(13,14)6-5-8-3-1-2-4-9(8)7-11(15,16)17/h1-4H,5-7H2. The SMILES string of the molecule is FC(F)(F)CCc1ccccc1CC(F)(F)F. The fraction of sp³-hybridized carbons (Fsp3) is 0.455. The van der Waals surface area contributed by atoms with Crippen LogP contribution in [0.4, 0.5) is 26.3 Å². The van der Waals surface area contributed by atoms with Gasteiger partial charge >= 0.3 is 12.4 Å². The van der Waals surface area contributed by atoms with Gasteiger partial charge < -0.3 is 0 Å². The average Bonchev–Trinajstić information content (AvgIpc) is 2.12. The van der Waals surface area contributed by atoms with Crippen LogP contribution in [0.25, 0.3) is 0 Å². The van der Waals surface area contributed by atoms with Gasteiger partial charge in [0.05, 0.1) is 6.42 Å². The van der Waals surface area contributed by atoms with Crippen LogP contribution < -0.4 is 0 Å². The average molecular weight is 256 g/mol. The Kier molecular flexibility index (Phi) is 4.06. The molecule has 0 atom stereocenters. The topological polar surface area (TPSA) is 0 Å². The van der Waals surface area contributed by atoms with Crippen molar-refractivity contribution in [3.63, 3.8) is 0 Å². The van der Waals surface area contributed by atoms with Gasteiger partial charge in [-0.3, -0.25) is 0 Å². The summed E-state index contributed by atoms with van der Waals surface area (Å²) in [6.07, 6.45) is -11.5. The van der Waals surface area contributed by atoms with Gasteiger partial charge in [-0.15, -0.1) is 0 Å². The second-order valence-electron chi connectivity index (χ2n) is 3.68. The maximum absolute atomic E-state index is 12.2. The smallest absolute Gasteiger partial charge is 0.171 e. The summed E-state index contributed by atoms with van der Waals surface area (Å²) in [4.78, 5) is 0. The van der Waals surface area contributed by atoms with Crippen LogP contribution in [0, 0.1) is 0 Å². The molecule has 0 aliphatic heterocycles. The zero-order chi connectivity index (χ0) is 13.1. The van der Waals surface area contributed by atoms with E-state index in [9.17, 15) is 26.3 Å². The highest BCUT2D eigenvalue weighted by molar-refractivity contribution is 5.28. The Hall–Kier alpha value is -1.20. The minimum Gasteiger partial charge on any atom is -0.171 e. The van der Waals surface area contributed by atoms with E-state index in [1.54, 1.807) is 0 Å². The number of hydrogen-bond acceptors (Lipinski definition) is 0. The van der Waals surface area contributed by atoms with Crippen LogP contribution in [0.1, 0.15) is 17.5 Å². The largest absolute Gasteiger partial charge is 0.393 e. The quantitative estimate of drug-likeness (QED) is 0.708. The fourth-order valence-electron chi connectivity index (χ4n) is 1.47. The van der Waals surface area contributed by atoms with Crippen LogP contribution in [0.5, 0.6) is 0 Å². The predicted molar refractivity (Wildman–Crippen MR) is 50.6 cm³/mol. The van der Waals surface area contributed by atoms with Crippen LogP contribution >= 0.6 is 0 Å². The molecule has 1 aromatic carbocycles. The lowest BCUT2D eigenvalue weighted by Gasteiger charge is -2.12. The molecular weight excluding hydrogens is 246 g/mol. The summed E-state index contributed by atoms with van der Waals surface area (Å²) in [6.45, 7) is 0. The normalized spacial score (nSPS) is 12.8. The summed E-state index contributed by atoms with van der Waals surface area (Å²) < 4.78 is 72.5. The molecule has 0 N–H and O–H groups in total. The molecule has 0 spiro atoms. The van der Waals surface area contributed by atoms with Gasteiger partial charge in [0.15, 0.2) is 0 Å². The third kappa shape index (κ3) is 5.60. The Morgan fingerprint density at radius 1 is 0.765 bits per heavy atom. The van der Waals surface area contributed by atoms with Crippen molar-refractivity contribution in [2.24, 2.45) is 0 Å². The third-order valence-corrected chi connectivity index (χ3v) is 2.19. The van der Waals surface area contributed by atoms with Gasteiger partial charge in [0.2, 0.25) is 0 Å². The van der Waals surface area contributed by atoms with Gasteiger partial charge in [-0.25, -0.2) is 0 Å². The Balaban J connectivity index is 2.78. The molecule has 0 nitrogen and oxygen atoms in total. The first-order valence-corrected chi connectivity index (χ1v) is 4.88. The maximum Gasteiger partial charge on any atom is 0.393 e. The number of hydrogen-bond donors (Lipinski definition) is 0. The van der Waals surface area contributed by atoms with Crippen molar-refractivity contribution < 1.29 is 26.3 Å². The maximum atomic E-state index is 12.2. The molecule has 0 bridgehead atoms. The van der Waals surface area contributed by atoms with Crippen molar-refractivity contribution >= 4 is 0 Å². The second-order valence-corrected chi connectivity index (χ2v) is 3.68. The molecule has 0 aliphatic rings. The molecule has 0 radical (unpaired) electrons. The number of aryl methyl sites for hydroxylation is 1. The summed E-state index contributed by atoms with van der Waals surface area (Å²) in [5.41, 5.74) is 0.00593. The van der Waals surface area contributed by atoms with Crippen molar-refractivity contribution in [1.82, 2.24) is 0 Å². The van der Waals surface area contributed by atoms with Crippen molar-refractivity contribution in [2.45, 2.75) is 31.6 Å². The monoisotopic (exact) mass is 256 g/mol. The highest BCUT2D eigenvalue weighted by atomic mass is 19.4. The van der Waals surface area contributed by atoms with E-state index < -0.39 is 31.6 Å². The lowest BCUT2D eigenvalue weighted by atomic mass is 10.0. The van der Waals surface area contributed by atoms with Gasteiger partial charge in [-0.2, -0.15) is 26.3 Å². The van der Waals surface area contributed by atoms with E-state index in [0.717, 1.165) is 0 Å². The van der Waals surface area contributed by atoms with E-state index in [1.165, 1.54) is 24.3 Å². The first kappa shape index (κ1) is 13.9. The third-order valence-electron chi connectivity index (χ3n) is 2.19. The number of benzene rings is 1. The molecule has 0 aromatic heterocycles. The molecule has 0 unspecified atom stereocenters. The van der Waals surface area contributed by atoms with Gasteiger partial charge in [0.25, 0.3) is 0 Å². The van der Waals surface area contributed by atoms with Crippen LogP contribution in [-0.4, -0.2) is 12.4 Å². The molecular formula is C11H10F6.